The van der Waals surface area contributed by atoms with Gasteiger partial charge in [0.25, 0.3) is 11.5 Å². The number of nitrogens with zero attached hydrogens (tertiary/aromatic N) is 4. The maximum Gasteiger partial charge on any atom is 0.312 e. The Bertz CT molecular complexity index is 1980. The number of ether oxygens (including phenoxy) is 1. The molecule has 1 aliphatic heterocycles. The molecule has 3 aromatic carbocycles. The van der Waals surface area contributed by atoms with Crippen LogP contribution in [0, 0.1) is 10.1 Å². The van der Waals surface area contributed by atoms with E-state index in [1.165, 1.54) is 22.8 Å². The van der Waals surface area contributed by atoms with Crippen molar-refractivity contribution in [3.8, 4) is 11.5 Å². The molecule has 1 N–H and O–H groups in total. The van der Waals surface area contributed by atoms with Crippen molar-refractivity contribution >= 4 is 55.7 Å². The minimum absolute atomic E-state index is 0.122. The van der Waals surface area contributed by atoms with E-state index in [1.54, 1.807) is 18.9 Å². The van der Waals surface area contributed by atoms with Crippen LogP contribution >= 0.6 is 27.3 Å². The molecule has 0 aliphatic carbocycles. The minimum Gasteiger partial charge on any atom is -0.501 e. The first-order valence-electron chi connectivity index (χ1n) is 13.2. The first kappa shape index (κ1) is 29.2. The third-order valence-corrected chi connectivity index (χ3v) is 8.87. The summed E-state index contributed by atoms with van der Waals surface area (Å²) in [5, 5.41) is 23.3. The molecule has 1 aliphatic rings. The molecular formula is C30H27BrN4O6S. The Morgan fingerprint density at radius 1 is 1.24 bits per heavy atom. The lowest BCUT2D eigenvalue weighted by Gasteiger charge is -2.30. The van der Waals surface area contributed by atoms with E-state index in [1.807, 2.05) is 50.2 Å². The van der Waals surface area contributed by atoms with Gasteiger partial charge >= 0.3 is 5.69 Å². The topological polar surface area (TPSA) is 127 Å². The fraction of sp³-hybridized carbons (Fsp3) is 0.233. The Labute approximate surface area is 252 Å². The van der Waals surface area contributed by atoms with E-state index in [-0.39, 0.29) is 14.9 Å². The number of likely N-dealkylation sites (N-methyl/N-ethyl adjacent to an activating group) is 1. The van der Waals surface area contributed by atoms with Crippen LogP contribution in [-0.2, 0) is 4.79 Å². The maximum absolute atomic E-state index is 14.2. The van der Waals surface area contributed by atoms with E-state index in [0.717, 1.165) is 22.1 Å². The van der Waals surface area contributed by atoms with Crippen molar-refractivity contribution in [1.29, 1.82) is 0 Å². The number of hydrogen-bond donors (Lipinski definition) is 1. The number of aromatic hydroxyl groups is 1. The molecule has 0 saturated heterocycles. The van der Waals surface area contributed by atoms with Crippen LogP contribution in [0.4, 0.5) is 5.69 Å². The van der Waals surface area contributed by atoms with E-state index in [0.29, 0.717) is 46.0 Å². The van der Waals surface area contributed by atoms with E-state index >= 15 is 0 Å². The summed E-state index contributed by atoms with van der Waals surface area (Å²) in [4.78, 5) is 45.8. The summed E-state index contributed by atoms with van der Waals surface area (Å²) in [6.45, 7) is 6.51. The zero-order valence-electron chi connectivity index (χ0n) is 23.3. The van der Waals surface area contributed by atoms with Crippen molar-refractivity contribution in [2.75, 3.05) is 20.2 Å². The average Bonchev–Trinajstić information content (AvgIpc) is 3.27. The van der Waals surface area contributed by atoms with Crippen LogP contribution < -0.4 is 19.6 Å². The predicted octanol–water partition coefficient (Wildman–Crippen LogP) is 4.64. The van der Waals surface area contributed by atoms with E-state index in [9.17, 15) is 24.8 Å². The number of thiazole rings is 1. The van der Waals surface area contributed by atoms with Gasteiger partial charge in [-0.2, -0.15) is 0 Å². The Balaban J connectivity index is 1.85. The van der Waals surface area contributed by atoms with Crippen LogP contribution in [0.5, 0.6) is 11.5 Å². The van der Waals surface area contributed by atoms with Gasteiger partial charge in [-0.15, -0.1) is 0 Å². The van der Waals surface area contributed by atoms with Crippen LogP contribution in [0.1, 0.15) is 37.9 Å². The number of nitro groups is 1. The quantitative estimate of drug-likeness (QED) is 0.229. The van der Waals surface area contributed by atoms with Gasteiger partial charge in [-0.05, 0) is 71.2 Å². The standard InChI is InChI=1S/C30H27BrN4O6S/c1-5-33(6-2)29(38)24-16(3)32-30-34(26(24)25-19-10-8-7-9-18(19)11-12-22(25)41-4)28(37)23(42-30)15-17-13-20(31)27(36)21(14-17)35(39)40/h7-15,26,36H,5-6H2,1-4H3/b23-15+/t26-/m1/s1. The largest absolute Gasteiger partial charge is 0.501 e. The summed E-state index contributed by atoms with van der Waals surface area (Å²) in [6.07, 6.45) is 1.52. The van der Waals surface area contributed by atoms with Crippen LogP contribution in [0.15, 0.2) is 74.1 Å². The fourth-order valence-electron chi connectivity index (χ4n) is 5.26. The monoisotopic (exact) mass is 650 g/mol. The van der Waals surface area contributed by atoms with Crippen molar-refractivity contribution < 1.29 is 19.6 Å². The van der Waals surface area contributed by atoms with Gasteiger partial charge in [0.2, 0.25) is 5.75 Å². The molecule has 5 rings (SSSR count). The molecule has 1 amide bonds. The summed E-state index contributed by atoms with van der Waals surface area (Å²) >= 11 is 4.27. The summed E-state index contributed by atoms with van der Waals surface area (Å²) in [5.41, 5.74) is 0.952. The zero-order valence-corrected chi connectivity index (χ0v) is 25.7. The summed E-state index contributed by atoms with van der Waals surface area (Å²) in [7, 11) is 1.55. The van der Waals surface area contributed by atoms with Gasteiger partial charge in [0.05, 0.1) is 32.3 Å². The Kier molecular flexibility index (Phi) is 8.02. The van der Waals surface area contributed by atoms with Gasteiger partial charge in [-0.3, -0.25) is 24.3 Å². The normalized spacial score (nSPS) is 15.0. The minimum atomic E-state index is -0.849. The zero-order chi connectivity index (χ0) is 30.3. The van der Waals surface area contributed by atoms with Crippen molar-refractivity contribution in [3.05, 3.63) is 105 Å². The number of carbonyl (C=O) groups excluding carboxylic acids is 1. The first-order chi connectivity index (χ1) is 20.1. The lowest BCUT2D eigenvalue weighted by molar-refractivity contribution is -0.386. The molecule has 0 spiro atoms. The molecule has 12 heteroatoms. The number of amides is 1. The Hall–Kier alpha value is -4.29. The van der Waals surface area contributed by atoms with Crippen molar-refractivity contribution in [1.82, 2.24) is 9.47 Å². The van der Waals surface area contributed by atoms with Crippen LogP contribution in [0.2, 0.25) is 0 Å². The summed E-state index contributed by atoms with van der Waals surface area (Å²) < 4.78 is 7.70. The van der Waals surface area contributed by atoms with Gasteiger partial charge in [0, 0.05) is 24.7 Å². The second kappa shape index (κ2) is 11.5. The molecule has 0 radical (unpaired) electrons. The molecular weight excluding hydrogens is 624 g/mol. The Morgan fingerprint density at radius 3 is 2.62 bits per heavy atom. The number of nitro benzene ring substituents is 1. The average molecular weight is 652 g/mol. The number of phenolic OH excluding ortho intramolecular Hbond substituents is 1. The third kappa shape index (κ3) is 4.90. The van der Waals surface area contributed by atoms with Crippen molar-refractivity contribution in [2.24, 2.45) is 4.99 Å². The van der Waals surface area contributed by atoms with E-state index in [4.69, 9.17) is 9.73 Å². The van der Waals surface area contributed by atoms with Gasteiger partial charge in [0.15, 0.2) is 4.80 Å². The molecule has 216 valence electrons. The van der Waals surface area contributed by atoms with Crippen LogP contribution in [0.25, 0.3) is 16.8 Å². The number of rotatable bonds is 7. The van der Waals surface area contributed by atoms with E-state index in [2.05, 4.69) is 15.9 Å². The molecule has 10 nitrogen and oxygen atoms in total. The molecule has 1 aromatic heterocycles. The van der Waals surface area contributed by atoms with Crippen LogP contribution in [-0.4, -0.2) is 45.6 Å². The fourth-order valence-corrected chi connectivity index (χ4v) is 6.78. The number of phenols is 1. The lowest BCUT2D eigenvalue weighted by Crippen LogP contribution is -2.43. The van der Waals surface area contributed by atoms with Crippen molar-refractivity contribution in [3.63, 3.8) is 0 Å². The number of aromatic nitrogens is 1. The number of methoxy groups -OCH3 is 1. The van der Waals surface area contributed by atoms with Crippen LogP contribution in [0.3, 0.4) is 0 Å². The molecule has 42 heavy (non-hydrogen) atoms. The highest BCUT2D eigenvalue weighted by molar-refractivity contribution is 9.10. The molecule has 0 unspecified atom stereocenters. The summed E-state index contributed by atoms with van der Waals surface area (Å²) in [6, 6.07) is 13.3. The number of benzene rings is 3. The van der Waals surface area contributed by atoms with Gasteiger partial charge in [0.1, 0.15) is 11.8 Å². The molecule has 1 atom stereocenters. The van der Waals surface area contributed by atoms with E-state index < -0.39 is 28.0 Å². The lowest BCUT2D eigenvalue weighted by atomic mass is 9.90. The maximum atomic E-state index is 14.2. The number of carbonyl (C=O) groups is 1. The summed E-state index contributed by atoms with van der Waals surface area (Å²) in [5.74, 6) is -0.212. The number of hydrogen-bond acceptors (Lipinski definition) is 8. The molecule has 0 bridgehead atoms. The SMILES string of the molecule is CCN(CC)C(=O)C1=C(C)N=c2s/c(=C/c3cc(Br)c(O)c([N+](=O)[O-])c3)c(=O)n2[C@H]1c1c(OC)ccc2ccccc12. The van der Waals surface area contributed by atoms with Gasteiger partial charge in [-0.1, -0.05) is 41.7 Å². The van der Waals surface area contributed by atoms with Gasteiger partial charge < -0.3 is 14.7 Å². The second-order valence-corrected chi connectivity index (χ2v) is 11.5. The third-order valence-electron chi connectivity index (χ3n) is 7.29. The Morgan fingerprint density at radius 2 is 1.95 bits per heavy atom. The first-order valence-corrected chi connectivity index (χ1v) is 14.8. The highest BCUT2D eigenvalue weighted by Crippen LogP contribution is 2.40. The predicted molar refractivity (Wildman–Crippen MR) is 165 cm³/mol. The number of halogens is 1. The molecule has 4 aromatic rings. The molecule has 0 saturated carbocycles. The smallest absolute Gasteiger partial charge is 0.312 e. The number of allylic oxidation sites excluding steroid dienone is 1. The highest BCUT2D eigenvalue weighted by atomic mass is 79.9. The highest BCUT2D eigenvalue weighted by Gasteiger charge is 2.36. The second-order valence-electron chi connectivity index (χ2n) is 9.59. The van der Waals surface area contributed by atoms with Gasteiger partial charge in [-0.25, -0.2) is 4.99 Å². The van der Waals surface area contributed by atoms with Crippen molar-refractivity contribution in [2.45, 2.75) is 26.8 Å². The number of fused-ring (bicyclic) bond motifs is 2. The molecule has 0 fully saturated rings. The molecule has 2 heterocycles.